The van der Waals surface area contributed by atoms with Gasteiger partial charge in [0, 0.05) is 33.0 Å². The van der Waals surface area contributed by atoms with E-state index in [0.29, 0.717) is 23.9 Å². The summed E-state index contributed by atoms with van der Waals surface area (Å²) in [6, 6.07) is 14.9. The van der Waals surface area contributed by atoms with Crippen LogP contribution in [0.1, 0.15) is 21.6 Å². The number of aromatic amines is 1. The van der Waals surface area contributed by atoms with Crippen molar-refractivity contribution < 1.29 is 9.21 Å². The lowest BCUT2D eigenvalue weighted by atomic mass is 10.1. The van der Waals surface area contributed by atoms with Crippen LogP contribution >= 0.6 is 15.9 Å². The number of hydrogen-bond donors (Lipinski definition) is 2. The van der Waals surface area contributed by atoms with Crippen LogP contribution < -0.4 is 10.9 Å². The van der Waals surface area contributed by atoms with Crippen LogP contribution in [-0.4, -0.2) is 17.4 Å². The van der Waals surface area contributed by atoms with Gasteiger partial charge in [-0.05, 0) is 49.2 Å². The largest absolute Gasteiger partial charge is 0.422 e. The van der Waals surface area contributed by atoms with Gasteiger partial charge in [-0.3, -0.25) is 4.79 Å². The van der Waals surface area contributed by atoms with Gasteiger partial charge in [-0.15, -0.1) is 0 Å². The summed E-state index contributed by atoms with van der Waals surface area (Å²) in [5, 5.41) is 4.67. The lowest BCUT2D eigenvalue weighted by Gasteiger charge is -2.06. The van der Waals surface area contributed by atoms with E-state index in [1.165, 1.54) is 5.56 Å². The fourth-order valence-corrected chi connectivity index (χ4v) is 3.68. The molecule has 4 aromatic rings. The molecule has 5 nitrogen and oxygen atoms in total. The van der Waals surface area contributed by atoms with Crippen LogP contribution in [0.25, 0.3) is 21.9 Å². The molecular weight excluding hydrogens is 408 g/mol. The van der Waals surface area contributed by atoms with Crippen LogP contribution in [0.5, 0.6) is 0 Å². The summed E-state index contributed by atoms with van der Waals surface area (Å²) >= 11 is 3.38. The van der Waals surface area contributed by atoms with Crippen molar-refractivity contribution in [2.45, 2.75) is 13.3 Å². The first kappa shape index (κ1) is 17.5. The van der Waals surface area contributed by atoms with E-state index in [2.05, 4.69) is 32.3 Å². The first-order valence-corrected chi connectivity index (χ1v) is 9.40. The lowest BCUT2D eigenvalue weighted by molar-refractivity contribution is 0.0950. The van der Waals surface area contributed by atoms with E-state index in [9.17, 15) is 9.59 Å². The highest BCUT2D eigenvalue weighted by molar-refractivity contribution is 9.10. The third-order valence-electron chi connectivity index (χ3n) is 4.63. The number of hydrogen-bond acceptors (Lipinski definition) is 3. The maximum Gasteiger partial charge on any atom is 0.349 e. The molecule has 0 unspecified atom stereocenters. The number of H-pyrrole nitrogens is 1. The van der Waals surface area contributed by atoms with Crippen molar-refractivity contribution in [3.05, 3.63) is 80.2 Å². The topological polar surface area (TPSA) is 75.1 Å². The smallest absolute Gasteiger partial charge is 0.349 e. The van der Waals surface area contributed by atoms with E-state index in [-0.39, 0.29) is 5.56 Å². The molecule has 136 valence electrons. The number of fused-ring (bicyclic) bond motifs is 2. The predicted molar refractivity (Wildman–Crippen MR) is 109 cm³/mol. The number of carbonyl (C=O) groups is 1. The van der Waals surface area contributed by atoms with E-state index < -0.39 is 11.5 Å². The Labute approximate surface area is 163 Å². The molecule has 1 amide bonds. The highest BCUT2D eigenvalue weighted by Crippen LogP contribution is 2.22. The third-order valence-corrected chi connectivity index (χ3v) is 5.12. The highest BCUT2D eigenvalue weighted by Gasteiger charge is 2.14. The summed E-state index contributed by atoms with van der Waals surface area (Å²) < 4.78 is 6.11. The molecular formula is C21H17BrN2O3. The molecule has 27 heavy (non-hydrogen) atoms. The standard InChI is InChI=1S/C21H17BrN2O3/c1-12-15(16-4-2-3-5-18(16)24-12)8-9-23-20(25)17-11-13-10-14(22)6-7-19(13)27-21(17)26/h2-7,10-11,24H,8-9H2,1H3,(H,23,25). The van der Waals surface area contributed by atoms with E-state index in [1.54, 1.807) is 18.2 Å². The van der Waals surface area contributed by atoms with Crippen molar-refractivity contribution in [3.8, 4) is 0 Å². The number of para-hydroxylation sites is 1. The molecule has 0 saturated heterocycles. The van der Waals surface area contributed by atoms with E-state index in [4.69, 9.17) is 4.42 Å². The minimum atomic E-state index is -0.634. The summed E-state index contributed by atoms with van der Waals surface area (Å²) in [7, 11) is 0. The second-order valence-corrected chi connectivity index (χ2v) is 7.33. The Morgan fingerprint density at radius 1 is 1.19 bits per heavy atom. The van der Waals surface area contributed by atoms with Crippen LogP contribution in [0.2, 0.25) is 0 Å². The molecule has 0 aliphatic carbocycles. The van der Waals surface area contributed by atoms with Crippen molar-refractivity contribution >= 4 is 43.7 Å². The molecule has 0 atom stereocenters. The van der Waals surface area contributed by atoms with E-state index in [1.807, 2.05) is 31.2 Å². The van der Waals surface area contributed by atoms with Gasteiger partial charge in [0.1, 0.15) is 11.1 Å². The zero-order valence-corrected chi connectivity index (χ0v) is 16.2. The van der Waals surface area contributed by atoms with Gasteiger partial charge in [0.25, 0.3) is 5.91 Å². The Kier molecular flexibility index (Phi) is 4.58. The Morgan fingerprint density at radius 2 is 2.00 bits per heavy atom. The monoisotopic (exact) mass is 424 g/mol. The van der Waals surface area contributed by atoms with Gasteiger partial charge in [-0.25, -0.2) is 4.79 Å². The molecule has 6 heteroatoms. The molecule has 0 bridgehead atoms. The normalized spacial score (nSPS) is 11.2. The average molecular weight is 425 g/mol. The number of benzene rings is 2. The molecule has 2 N–H and O–H groups in total. The van der Waals surface area contributed by atoms with Gasteiger partial charge >= 0.3 is 5.63 Å². The van der Waals surface area contributed by atoms with Gasteiger partial charge in [0.2, 0.25) is 0 Å². The number of aromatic nitrogens is 1. The molecule has 2 aromatic carbocycles. The molecule has 0 aliphatic rings. The molecule has 0 aliphatic heterocycles. The van der Waals surface area contributed by atoms with Gasteiger partial charge in [0.05, 0.1) is 0 Å². The van der Waals surface area contributed by atoms with E-state index >= 15 is 0 Å². The minimum Gasteiger partial charge on any atom is -0.422 e. The summed E-state index contributed by atoms with van der Waals surface area (Å²) in [4.78, 5) is 28.0. The number of aryl methyl sites for hydroxylation is 1. The molecule has 0 spiro atoms. The van der Waals surface area contributed by atoms with Gasteiger partial charge in [0.15, 0.2) is 0 Å². The Balaban J connectivity index is 1.52. The predicted octanol–water partition coefficient (Wildman–Crippen LogP) is 4.32. The fourth-order valence-electron chi connectivity index (χ4n) is 3.31. The van der Waals surface area contributed by atoms with Crippen molar-refractivity contribution in [3.63, 3.8) is 0 Å². The molecule has 0 saturated carbocycles. The van der Waals surface area contributed by atoms with Crippen LogP contribution in [0.15, 0.2) is 62.2 Å². The quantitative estimate of drug-likeness (QED) is 0.479. The summed E-state index contributed by atoms with van der Waals surface area (Å²) in [5.41, 5.74) is 3.16. The average Bonchev–Trinajstić information content (AvgIpc) is 2.97. The van der Waals surface area contributed by atoms with Crippen molar-refractivity contribution in [2.24, 2.45) is 0 Å². The minimum absolute atomic E-state index is 0.0104. The summed E-state index contributed by atoms with van der Waals surface area (Å²) in [6.07, 6.45) is 0.673. The van der Waals surface area contributed by atoms with Crippen molar-refractivity contribution in [1.29, 1.82) is 0 Å². The first-order valence-electron chi connectivity index (χ1n) is 8.61. The highest BCUT2D eigenvalue weighted by atomic mass is 79.9. The van der Waals surface area contributed by atoms with Gasteiger partial charge in [-0.1, -0.05) is 34.1 Å². The fraction of sp³-hybridized carbons (Fsp3) is 0.143. The molecule has 2 aromatic heterocycles. The van der Waals surface area contributed by atoms with Crippen LogP contribution in [0, 0.1) is 6.92 Å². The van der Waals surface area contributed by atoms with Crippen LogP contribution in [-0.2, 0) is 6.42 Å². The molecule has 0 radical (unpaired) electrons. The second-order valence-electron chi connectivity index (χ2n) is 6.41. The Hall–Kier alpha value is -2.86. The summed E-state index contributed by atoms with van der Waals surface area (Å²) in [6.45, 7) is 2.45. The zero-order valence-electron chi connectivity index (χ0n) is 14.6. The molecule has 4 rings (SSSR count). The first-order chi connectivity index (χ1) is 13.0. The Morgan fingerprint density at radius 3 is 2.85 bits per heavy atom. The van der Waals surface area contributed by atoms with E-state index in [0.717, 1.165) is 21.1 Å². The number of carbonyl (C=O) groups excluding carboxylic acids is 1. The zero-order chi connectivity index (χ0) is 19.0. The van der Waals surface area contributed by atoms with Gasteiger partial charge in [-0.2, -0.15) is 0 Å². The number of halogens is 1. The summed E-state index contributed by atoms with van der Waals surface area (Å²) in [5.74, 6) is -0.428. The lowest BCUT2D eigenvalue weighted by Crippen LogP contribution is -2.30. The van der Waals surface area contributed by atoms with Crippen LogP contribution in [0.4, 0.5) is 0 Å². The Bertz CT molecular complexity index is 1220. The van der Waals surface area contributed by atoms with Crippen LogP contribution in [0.3, 0.4) is 0 Å². The SMILES string of the molecule is Cc1[nH]c2ccccc2c1CCNC(=O)c1cc2cc(Br)ccc2oc1=O. The molecule has 0 fully saturated rings. The number of rotatable bonds is 4. The molecule has 2 heterocycles. The number of amides is 1. The van der Waals surface area contributed by atoms with Crippen molar-refractivity contribution in [2.75, 3.05) is 6.54 Å². The third kappa shape index (κ3) is 3.40. The second kappa shape index (κ2) is 7.04. The number of nitrogens with one attached hydrogen (secondary N) is 2. The van der Waals surface area contributed by atoms with Crippen molar-refractivity contribution in [1.82, 2.24) is 10.3 Å². The maximum atomic E-state index is 12.5. The van der Waals surface area contributed by atoms with Gasteiger partial charge < -0.3 is 14.7 Å². The maximum absolute atomic E-state index is 12.5.